The van der Waals surface area contributed by atoms with Gasteiger partial charge in [-0.25, -0.2) is 0 Å². The van der Waals surface area contributed by atoms with E-state index in [0.717, 1.165) is 14.2 Å². The Morgan fingerprint density at radius 3 is 1.67 bits per heavy atom. The Hall–Kier alpha value is -1.12. The molecule has 12 heavy (non-hydrogen) atoms. The summed E-state index contributed by atoms with van der Waals surface area (Å²) in [6.07, 6.45) is 1.83. The number of rotatable bonds is 1. The van der Waals surface area contributed by atoms with Crippen LogP contribution in [0.5, 0.6) is 0 Å². The van der Waals surface area contributed by atoms with Gasteiger partial charge in [-0.15, -0.1) is 0 Å². The molecule has 0 amide bonds. The number of hydrogen-bond acceptors (Lipinski definition) is 2. The maximum Gasteiger partial charge on any atom is 0.0319 e. The van der Waals surface area contributed by atoms with E-state index in [1.165, 1.54) is 5.56 Å². The summed E-state index contributed by atoms with van der Waals surface area (Å²) in [4.78, 5) is 0. The van der Waals surface area contributed by atoms with Gasteiger partial charge in [-0.2, -0.15) is 0 Å². The Morgan fingerprint density at radius 1 is 1.00 bits per heavy atom. The van der Waals surface area contributed by atoms with Gasteiger partial charge in [-0.1, -0.05) is 43.0 Å². The fourth-order valence-electron chi connectivity index (χ4n) is 0.589. The Morgan fingerprint density at radius 2 is 1.42 bits per heavy atom. The van der Waals surface area contributed by atoms with Gasteiger partial charge in [0, 0.05) is 14.2 Å². The van der Waals surface area contributed by atoms with E-state index in [0.29, 0.717) is 0 Å². The number of aliphatic hydroxyl groups is 2. The Bertz CT molecular complexity index is 170. The predicted octanol–water partition coefficient (Wildman–Crippen LogP) is 1.55. The fourth-order valence-corrected chi connectivity index (χ4v) is 0.589. The number of benzene rings is 1. The van der Waals surface area contributed by atoms with Crippen LogP contribution in [-0.2, 0) is 0 Å². The van der Waals surface area contributed by atoms with Crippen LogP contribution in [0, 0.1) is 0 Å². The van der Waals surface area contributed by atoms with Crippen LogP contribution in [0.15, 0.2) is 36.9 Å². The molecule has 0 aromatic heterocycles. The summed E-state index contributed by atoms with van der Waals surface area (Å²) in [5.41, 5.74) is 1.17. The smallest absolute Gasteiger partial charge is 0.0319 e. The molecule has 68 valence electrons. The second-order valence-electron chi connectivity index (χ2n) is 1.61. The van der Waals surface area contributed by atoms with Crippen LogP contribution >= 0.6 is 0 Å². The first-order valence-electron chi connectivity index (χ1n) is 3.50. The molecule has 0 bridgehead atoms. The number of aliphatic hydroxyl groups excluding tert-OH is 2. The Kier molecular flexibility index (Phi) is 14.1. The zero-order chi connectivity index (χ0) is 9.82. The van der Waals surface area contributed by atoms with Gasteiger partial charge in [0.1, 0.15) is 0 Å². The largest absolute Gasteiger partial charge is 0.400 e. The molecular formula is C10H16O2. The van der Waals surface area contributed by atoms with Gasteiger partial charge in [0.15, 0.2) is 0 Å². The normalized spacial score (nSPS) is 6.67. The van der Waals surface area contributed by atoms with Gasteiger partial charge in [0.25, 0.3) is 0 Å². The third-order valence-electron chi connectivity index (χ3n) is 1.04. The molecule has 1 aromatic rings. The summed E-state index contributed by atoms with van der Waals surface area (Å²) in [5, 5.41) is 14.0. The van der Waals surface area contributed by atoms with Crippen LogP contribution in [0.3, 0.4) is 0 Å². The van der Waals surface area contributed by atoms with Crippen LogP contribution in [-0.4, -0.2) is 24.4 Å². The molecule has 0 saturated carbocycles. The van der Waals surface area contributed by atoms with E-state index in [1.807, 2.05) is 36.4 Å². The molecule has 1 rings (SSSR count). The molecule has 0 aliphatic rings. The van der Waals surface area contributed by atoms with Crippen molar-refractivity contribution in [1.82, 2.24) is 0 Å². The first-order chi connectivity index (χ1) is 5.93. The molecule has 0 heterocycles. The minimum atomic E-state index is 1.00. The maximum absolute atomic E-state index is 7.00. The molecular weight excluding hydrogens is 152 g/mol. The Balaban J connectivity index is 0. The zero-order valence-electron chi connectivity index (χ0n) is 7.57. The molecule has 0 aliphatic heterocycles. The maximum atomic E-state index is 7.00. The summed E-state index contributed by atoms with van der Waals surface area (Å²) in [7, 11) is 2.00. The summed E-state index contributed by atoms with van der Waals surface area (Å²) >= 11 is 0. The molecule has 0 spiro atoms. The quantitative estimate of drug-likeness (QED) is 0.668. The third-order valence-corrected chi connectivity index (χ3v) is 1.04. The predicted molar refractivity (Wildman–Crippen MR) is 52.8 cm³/mol. The third kappa shape index (κ3) is 6.99. The van der Waals surface area contributed by atoms with Gasteiger partial charge in [-0.05, 0) is 5.56 Å². The lowest BCUT2D eigenvalue weighted by Crippen LogP contribution is -1.63. The van der Waals surface area contributed by atoms with E-state index >= 15 is 0 Å². The van der Waals surface area contributed by atoms with E-state index < -0.39 is 0 Å². The first kappa shape index (κ1) is 13.5. The average Bonchev–Trinajstić information content (AvgIpc) is 2.25. The molecule has 2 nitrogen and oxygen atoms in total. The van der Waals surface area contributed by atoms with Crippen molar-refractivity contribution >= 4 is 6.08 Å². The average molecular weight is 168 g/mol. The highest BCUT2D eigenvalue weighted by Gasteiger charge is 1.75. The lowest BCUT2D eigenvalue weighted by Gasteiger charge is -1.85. The van der Waals surface area contributed by atoms with Crippen LogP contribution in [0.1, 0.15) is 5.56 Å². The zero-order valence-corrected chi connectivity index (χ0v) is 7.57. The van der Waals surface area contributed by atoms with E-state index in [4.69, 9.17) is 10.2 Å². The minimum absolute atomic E-state index is 1.00. The molecule has 0 aliphatic carbocycles. The monoisotopic (exact) mass is 168 g/mol. The Labute approximate surface area is 73.8 Å². The van der Waals surface area contributed by atoms with Crippen LogP contribution in [0.4, 0.5) is 0 Å². The first-order valence-corrected chi connectivity index (χ1v) is 3.50. The lowest BCUT2D eigenvalue weighted by atomic mass is 10.2. The van der Waals surface area contributed by atoms with Crippen molar-refractivity contribution in [3.63, 3.8) is 0 Å². The van der Waals surface area contributed by atoms with Crippen molar-refractivity contribution in [2.45, 2.75) is 0 Å². The fraction of sp³-hybridized carbons (Fsp3) is 0.200. The van der Waals surface area contributed by atoms with Crippen molar-refractivity contribution < 1.29 is 10.2 Å². The van der Waals surface area contributed by atoms with Crippen molar-refractivity contribution in [1.29, 1.82) is 0 Å². The van der Waals surface area contributed by atoms with Gasteiger partial charge in [-0.3, -0.25) is 0 Å². The number of hydrogen-bond donors (Lipinski definition) is 2. The van der Waals surface area contributed by atoms with Gasteiger partial charge < -0.3 is 10.2 Å². The van der Waals surface area contributed by atoms with Crippen LogP contribution in [0.2, 0.25) is 0 Å². The van der Waals surface area contributed by atoms with Crippen molar-refractivity contribution in [2.24, 2.45) is 0 Å². The highest BCUT2D eigenvalue weighted by atomic mass is 16.2. The van der Waals surface area contributed by atoms with E-state index in [9.17, 15) is 0 Å². The molecule has 1 aromatic carbocycles. The van der Waals surface area contributed by atoms with Gasteiger partial charge in [0.05, 0.1) is 0 Å². The topological polar surface area (TPSA) is 40.5 Å². The van der Waals surface area contributed by atoms with E-state index in [1.54, 1.807) is 0 Å². The summed E-state index contributed by atoms with van der Waals surface area (Å²) in [6.45, 7) is 3.63. The second-order valence-corrected chi connectivity index (χ2v) is 1.61. The highest BCUT2D eigenvalue weighted by molar-refractivity contribution is 5.45. The van der Waals surface area contributed by atoms with E-state index in [-0.39, 0.29) is 0 Å². The summed E-state index contributed by atoms with van der Waals surface area (Å²) in [5.74, 6) is 0. The second kappa shape index (κ2) is 12.5. The molecule has 0 radical (unpaired) electrons. The SMILES string of the molecule is C=Cc1ccccc1.CO.CO. The highest BCUT2D eigenvalue weighted by Crippen LogP contribution is 1.97. The lowest BCUT2D eigenvalue weighted by molar-refractivity contribution is 0.399. The van der Waals surface area contributed by atoms with Crippen molar-refractivity contribution in [3.05, 3.63) is 42.5 Å². The molecule has 2 N–H and O–H groups in total. The molecule has 0 fully saturated rings. The van der Waals surface area contributed by atoms with Crippen molar-refractivity contribution in [2.75, 3.05) is 14.2 Å². The van der Waals surface area contributed by atoms with Gasteiger partial charge >= 0.3 is 0 Å². The summed E-state index contributed by atoms with van der Waals surface area (Å²) in [6, 6.07) is 10.0. The molecule has 0 atom stereocenters. The molecule has 0 saturated heterocycles. The summed E-state index contributed by atoms with van der Waals surface area (Å²) < 4.78 is 0. The van der Waals surface area contributed by atoms with Crippen LogP contribution < -0.4 is 0 Å². The standard InChI is InChI=1S/C8H8.2CH4O/c1-2-8-6-4-3-5-7-8;2*1-2/h2-7H,1H2;2*2H,1H3. The van der Waals surface area contributed by atoms with Crippen LogP contribution in [0.25, 0.3) is 6.08 Å². The molecule has 0 unspecified atom stereocenters. The van der Waals surface area contributed by atoms with E-state index in [2.05, 4.69) is 6.58 Å². The van der Waals surface area contributed by atoms with Crippen molar-refractivity contribution in [3.8, 4) is 0 Å². The minimum Gasteiger partial charge on any atom is -0.400 e. The van der Waals surface area contributed by atoms with Gasteiger partial charge in [0.2, 0.25) is 0 Å². The molecule has 2 heteroatoms.